The van der Waals surface area contributed by atoms with Gasteiger partial charge in [-0.25, -0.2) is 5.06 Å². The summed E-state index contributed by atoms with van der Waals surface area (Å²) in [7, 11) is 5.25. The molecule has 0 radical (unpaired) electrons. The molecule has 3 N–H and O–H groups in total. The average molecular weight is 938 g/mol. The zero-order valence-corrected chi connectivity index (χ0v) is 43.6. The molecular weight excluding hydrogens is 847 g/mol. The van der Waals surface area contributed by atoms with Crippen molar-refractivity contribution in [2.75, 3.05) is 54.1 Å². The van der Waals surface area contributed by atoms with Gasteiger partial charge in [-0.2, -0.15) is 0 Å². The zero-order valence-electron chi connectivity index (χ0n) is 43.6. The van der Waals surface area contributed by atoms with E-state index in [2.05, 4.69) is 38.2 Å². The Hall–Kier alpha value is -3.23. The van der Waals surface area contributed by atoms with E-state index >= 15 is 0 Å². The largest absolute Gasteiger partial charge is 0.381 e. The van der Waals surface area contributed by atoms with Crippen LogP contribution in [0.4, 0.5) is 0 Å². The van der Waals surface area contributed by atoms with Gasteiger partial charge in [0.2, 0.25) is 11.8 Å². The Morgan fingerprint density at radius 1 is 0.896 bits per heavy atom. The summed E-state index contributed by atoms with van der Waals surface area (Å²) in [4.78, 5) is 80.3. The van der Waals surface area contributed by atoms with Crippen molar-refractivity contribution in [3.8, 4) is 0 Å². The highest BCUT2D eigenvalue weighted by atomic mass is 16.7. The maximum Gasteiger partial charge on any atom is 0.252 e. The van der Waals surface area contributed by atoms with Gasteiger partial charge in [0.15, 0.2) is 5.78 Å². The van der Waals surface area contributed by atoms with Crippen molar-refractivity contribution in [1.82, 2.24) is 20.2 Å². The number of carbonyl (C=O) groups is 5. The van der Waals surface area contributed by atoms with Gasteiger partial charge >= 0.3 is 0 Å². The zero-order chi connectivity index (χ0) is 49.6. The molecule has 0 spiro atoms. The van der Waals surface area contributed by atoms with Crippen LogP contribution in [0.2, 0.25) is 0 Å². The molecule has 4 rings (SSSR count). The number of likely N-dealkylation sites (tertiary alicyclic amines) is 1. The van der Waals surface area contributed by atoms with Crippen molar-refractivity contribution in [3.05, 3.63) is 35.9 Å². The van der Waals surface area contributed by atoms with Crippen LogP contribution in [0.25, 0.3) is 0 Å². The Morgan fingerprint density at radius 3 is 2.18 bits per heavy atom. The van der Waals surface area contributed by atoms with Gasteiger partial charge in [-0.05, 0) is 119 Å². The van der Waals surface area contributed by atoms with Gasteiger partial charge in [-0.1, -0.05) is 99.1 Å². The molecular formula is C54H91N5O8. The summed E-state index contributed by atoms with van der Waals surface area (Å²) in [6, 6.07) is 8.95. The number of hydrogen-bond acceptors (Lipinski definition) is 10. The molecule has 13 nitrogen and oxygen atoms in total. The minimum Gasteiger partial charge on any atom is -0.381 e. The lowest BCUT2D eigenvalue weighted by Gasteiger charge is -2.37. The standard InChI is InChI=1S/C54H91N5O8/c1-13-37(6)42(32-38(7)39(8)50(62)48(35(2)3)56-52(63)49(36(4)5)57(10)28-21-27-55)46(65-11)33-47(61)58-29-20-24-44(58)51(66-12)40(9)45(60)25-19-26-54(53(64)59-30-17-18-31-67-59)34-43(54)41-22-15-14-16-23-41/h14-16,22-23,35-40,42-44,46,48-49,51H,13,17-21,24-34,55H2,1-12H3,(H,56,63). The van der Waals surface area contributed by atoms with Gasteiger partial charge in [0, 0.05) is 45.6 Å². The second-order valence-electron chi connectivity index (χ2n) is 21.4. The van der Waals surface area contributed by atoms with Gasteiger partial charge in [0.25, 0.3) is 5.91 Å². The van der Waals surface area contributed by atoms with Gasteiger partial charge in [0.1, 0.15) is 5.78 Å². The average Bonchev–Trinajstić information content (AvgIpc) is 3.86. The summed E-state index contributed by atoms with van der Waals surface area (Å²) >= 11 is 0. The van der Waals surface area contributed by atoms with Gasteiger partial charge in [0.05, 0.1) is 48.8 Å². The number of nitrogens with zero attached hydrogens (tertiary/aromatic N) is 3. The van der Waals surface area contributed by atoms with Crippen molar-refractivity contribution in [1.29, 1.82) is 0 Å². The Balaban J connectivity index is 1.40. The molecule has 1 aromatic rings. The van der Waals surface area contributed by atoms with Gasteiger partial charge in [-0.3, -0.25) is 33.7 Å². The van der Waals surface area contributed by atoms with E-state index < -0.39 is 23.5 Å². The topological polar surface area (TPSA) is 161 Å². The normalized spacial score (nSPS) is 23.9. The smallest absolute Gasteiger partial charge is 0.252 e. The number of carbonyl (C=O) groups excluding carboxylic acids is 5. The highest BCUT2D eigenvalue weighted by Gasteiger charge is 2.61. The summed E-state index contributed by atoms with van der Waals surface area (Å²) in [6.07, 6.45) is 7.41. The van der Waals surface area contributed by atoms with Crippen molar-refractivity contribution in [2.24, 2.45) is 52.6 Å². The number of rotatable bonds is 29. The fraction of sp³-hybridized carbons (Fsp3) is 0.796. The van der Waals surface area contributed by atoms with Crippen molar-refractivity contribution in [2.45, 2.75) is 176 Å². The number of likely N-dealkylation sites (N-methyl/N-ethyl adjacent to an activating group) is 1. The molecule has 13 heteroatoms. The number of methoxy groups -OCH3 is 2. The number of hydrogen-bond donors (Lipinski definition) is 2. The molecule has 1 aromatic carbocycles. The summed E-state index contributed by atoms with van der Waals surface area (Å²) in [5.41, 5.74) is 6.35. The lowest BCUT2D eigenvalue weighted by molar-refractivity contribution is -0.203. The number of Topliss-reactive ketones (excluding diaryl/α,β-unsaturated/α-hetero) is 2. The van der Waals surface area contributed by atoms with E-state index in [1.165, 1.54) is 0 Å². The molecule has 2 heterocycles. The van der Waals surface area contributed by atoms with Crippen LogP contribution < -0.4 is 11.1 Å². The van der Waals surface area contributed by atoms with E-state index in [0.717, 1.165) is 50.5 Å². The quantitative estimate of drug-likeness (QED) is 0.0810. The molecule has 2 aliphatic heterocycles. The molecule has 12 unspecified atom stereocenters. The monoisotopic (exact) mass is 938 g/mol. The highest BCUT2D eigenvalue weighted by Crippen LogP contribution is 2.63. The number of nitrogens with one attached hydrogen (secondary N) is 1. The molecule has 3 amide bonds. The van der Waals surface area contributed by atoms with Crippen molar-refractivity contribution in [3.63, 3.8) is 0 Å². The molecule has 1 saturated carbocycles. The van der Waals surface area contributed by atoms with Crippen LogP contribution in [-0.2, 0) is 38.3 Å². The fourth-order valence-corrected chi connectivity index (χ4v) is 11.4. The molecule has 380 valence electrons. The Bertz CT molecular complexity index is 1720. The first-order chi connectivity index (χ1) is 31.9. The second-order valence-corrected chi connectivity index (χ2v) is 21.4. The van der Waals surface area contributed by atoms with E-state index in [0.29, 0.717) is 58.5 Å². The summed E-state index contributed by atoms with van der Waals surface area (Å²) in [6.45, 7) is 21.3. The maximum atomic E-state index is 14.4. The second kappa shape index (κ2) is 26.7. The van der Waals surface area contributed by atoms with Crippen LogP contribution in [0.1, 0.15) is 151 Å². The molecule has 2 saturated heterocycles. The molecule has 12 atom stereocenters. The van der Waals surface area contributed by atoms with Crippen LogP contribution in [0.15, 0.2) is 30.3 Å². The SMILES string of the molecule is CCC(C)C(CC(C)C(C)C(=O)C(NC(=O)C(C(C)C)N(C)CCCN)C(C)C)C(CC(=O)N1CCCC1C(OC)C(C)C(=O)CCCC1(C(=O)N2CCCCO2)CC1c1ccccc1)OC. The number of ketones is 2. The van der Waals surface area contributed by atoms with Crippen LogP contribution >= 0.6 is 0 Å². The third kappa shape index (κ3) is 14.4. The Kier molecular flexibility index (Phi) is 22.4. The molecule has 3 fully saturated rings. The van der Waals surface area contributed by atoms with Crippen molar-refractivity contribution >= 4 is 29.3 Å². The maximum absolute atomic E-state index is 14.4. The number of nitrogens with two attached hydrogens (primary N) is 1. The van der Waals surface area contributed by atoms with E-state index in [-0.39, 0.29) is 95.3 Å². The van der Waals surface area contributed by atoms with Gasteiger partial charge in [-0.15, -0.1) is 0 Å². The first kappa shape index (κ1) is 56.4. The lowest BCUT2D eigenvalue weighted by atomic mass is 9.74. The van der Waals surface area contributed by atoms with Crippen LogP contribution in [0.3, 0.4) is 0 Å². The minimum atomic E-state index is -0.628. The van der Waals surface area contributed by atoms with E-state index in [4.69, 9.17) is 20.0 Å². The first-order valence-corrected chi connectivity index (χ1v) is 26.0. The molecule has 3 aliphatic rings. The summed E-state index contributed by atoms with van der Waals surface area (Å²) in [5, 5.41) is 4.73. The Morgan fingerprint density at radius 2 is 1.60 bits per heavy atom. The van der Waals surface area contributed by atoms with Crippen LogP contribution in [-0.4, -0.2) is 129 Å². The first-order valence-electron chi connectivity index (χ1n) is 26.0. The van der Waals surface area contributed by atoms with E-state index in [1.807, 2.05) is 76.6 Å². The van der Waals surface area contributed by atoms with E-state index in [1.54, 1.807) is 19.3 Å². The third-order valence-electron chi connectivity index (χ3n) is 16.1. The third-order valence-corrected chi connectivity index (χ3v) is 16.1. The predicted octanol–water partition coefficient (Wildman–Crippen LogP) is 7.84. The van der Waals surface area contributed by atoms with Gasteiger partial charge < -0.3 is 25.4 Å². The number of ether oxygens (including phenoxy) is 2. The minimum absolute atomic E-state index is 0.00203. The molecule has 0 aromatic heterocycles. The summed E-state index contributed by atoms with van der Waals surface area (Å²) < 4.78 is 12.3. The van der Waals surface area contributed by atoms with Crippen LogP contribution in [0.5, 0.6) is 0 Å². The predicted molar refractivity (Wildman–Crippen MR) is 265 cm³/mol. The molecule has 67 heavy (non-hydrogen) atoms. The highest BCUT2D eigenvalue weighted by molar-refractivity contribution is 5.92. The fourth-order valence-electron chi connectivity index (χ4n) is 11.4. The molecule has 0 bridgehead atoms. The number of amides is 3. The molecule has 1 aliphatic carbocycles. The van der Waals surface area contributed by atoms with Crippen molar-refractivity contribution < 1.29 is 38.3 Å². The summed E-state index contributed by atoms with van der Waals surface area (Å²) in [5.74, 6) is -0.538. The number of benzene rings is 1. The Labute approximate surface area is 404 Å². The van der Waals surface area contributed by atoms with Crippen LogP contribution in [0, 0.1) is 46.8 Å². The number of hydroxylamine groups is 2. The van der Waals surface area contributed by atoms with E-state index in [9.17, 15) is 24.0 Å². The lowest BCUT2D eigenvalue weighted by Crippen LogP contribution is -2.55.